The van der Waals surface area contributed by atoms with Gasteiger partial charge in [-0.3, -0.25) is 0 Å². The molecule has 0 amide bonds. The lowest BCUT2D eigenvalue weighted by Gasteiger charge is -2.48. The summed E-state index contributed by atoms with van der Waals surface area (Å²) in [5.41, 5.74) is -0.0469. The Bertz CT molecular complexity index is 278. The van der Waals surface area contributed by atoms with E-state index in [2.05, 4.69) is 41.5 Å². The van der Waals surface area contributed by atoms with Crippen molar-refractivity contribution in [3.8, 4) is 0 Å². The summed E-state index contributed by atoms with van der Waals surface area (Å²) >= 11 is 0. The molecule has 0 spiro atoms. The molecule has 2 heteroatoms. The van der Waals surface area contributed by atoms with Crippen LogP contribution in [0.3, 0.4) is 0 Å². The van der Waals surface area contributed by atoms with Crippen LogP contribution in [-0.2, 0) is 9.47 Å². The summed E-state index contributed by atoms with van der Waals surface area (Å²) in [5, 5.41) is 0. The molecule has 0 aromatic rings. The molecule has 2 aliphatic rings. The number of rotatable bonds is 2. The summed E-state index contributed by atoms with van der Waals surface area (Å²) < 4.78 is 12.7. The third kappa shape index (κ3) is 4.46. The number of ether oxygens (including phenoxy) is 2. The van der Waals surface area contributed by atoms with E-state index in [-0.39, 0.29) is 11.2 Å². The van der Waals surface area contributed by atoms with E-state index in [4.69, 9.17) is 9.47 Å². The molecular formula is C18H34O2. The Morgan fingerprint density at radius 3 is 1.25 bits per heavy atom. The fourth-order valence-corrected chi connectivity index (χ4v) is 4.09. The molecule has 0 aromatic heterocycles. The molecule has 0 heterocycles. The Hall–Kier alpha value is -0.0800. The zero-order chi connectivity index (χ0) is 15.0. The second-order valence-electron chi connectivity index (χ2n) is 8.73. The van der Waals surface area contributed by atoms with Gasteiger partial charge in [0.05, 0.1) is 23.4 Å². The minimum Gasteiger partial charge on any atom is -0.372 e. The van der Waals surface area contributed by atoms with Crippen molar-refractivity contribution in [1.82, 2.24) is 0 Å². The minimum absolute atomic E-state index is 0.0234. The molecule has 0 bridgehead atoms. The minimum atomic E-state index is -0.0234. The van der Waals surface area contributed by atoms with E-state index in [1.807, 2.05) is 0 Å². The predicted molar refractivity (Wildman–Crippen MR) is 83.9 cm³/mol. The summed E-state index contributed by atoms with van der Waals surface area (Å²) in [6.45, 7) is 13.1. The molecule has 2 fully saturated rings. The van der Waals surface area contributed by atoms with E-state index >= 15 is 0 Å². The summed E-state index contributed by atoms with van der Waals surface area (Å²) in [6.07, 6.45) is 8.62. The van der Waals surface area contributed by atoms with E-state index in [1.165, 1.54) is 38.5 Å². The Labute approximate surface area is 125 Å². The fourth-order valence-electron chi connectivity index (χ4n) is 4.09. The average Bonchev–Trinajstić information content (AvgIpc) is 2.26. The number of hydrogen-bond acceptors (Lipinski definition) is 2. The van der Waals surface area contributed by atoms with Crippen LogP contribution in [0.25, 0.3) is 0 Å². The molecule has 20 heavy (non-hydrogen) atoms. The van der Waals surface area contributed by atoms with Gasteiger partial charge in [-0.1, -0.05) is 12.8 Å². The molecule has 2 aliphatic carbocycles. The third-order valence-electron chi connectivity index (χ3n) is 4.57. The largest absolute Gasteiger partial charge is 0.372 e. The number of fused-ring (bicyclic) bond motifs is 1. The van der Waals surface area contributed by atoms with Crippen LogP contribution in [-0.4, -0.2) is 23.4 Å². The molecule has 0 N–H and O–H groups in total. The van der Waals surface area contributed by atoms with Gasteiger partial charge >= 0.3 is 0 Å². The summed E-state index contributed by atoms with van der Waals surface area (Å²) in [4.78, 5) is 0. The van der Waals surface area contributed by atoms with Gasteiger partial charge in [0.1, 0.15) is 0 Å². The van der Waals surface area contributed by atoms with Crippen molar-refractivity contribution in [3.05, 3.63) is 0 Å². The van der Waals surface area contributed by atoms with Gasteiger partial charge in [0.2, 0.25) is 0 Å². The Morgan fingerprint density at radius 1 is 0.600 bits per heavy atom. The van der Waals surface area contributed by atoms with E-state index < -0.39 is 0 Å². The molecule has 0 saturated heterocycles. The lowest BCUT2D eigenvalue weighted by molar-refractivity contribution is -0.166. The van der Waals surface area contributed by atoms with Crippen molar-refractivity contribution >= 4 is 0 Å². The highest BCUT2D eigenvalue weighted by molar-refractivity contribution is 4.92. The zero-order valence-electron chi connectivity index (χ0n) is 14.4. The number of hydrogen-bond donors (Lipinski definition) is 0. The SMILES string of the molecule is CC(C)(C)OC1CCCC2C(OC(C)(C)C)CCCC12. The van der Waals surface area contributed by atoms with E-state index in [1.54, 1.807) is 0 Å². The van der Waals surface area contributed by atoms with Crippen LogP contribution in [0, 0.1) is 11.8 Å². The first kappa shape index (κ1) is 16.3. The molecule has 4 atom stereocenters. The predicted octanol–water partition coefficient (Wildman–Crippen LogP) is 4.95. The first-order chi connectivity index (χ1) is 9.16. The third-order valence-corrected chi connectivity index (χ3v) is 4.57. The quantitative estimate of drug-likeness (QED) is 0.713. The zero-order valence-corrected chi connectivity index (χ0v) is 14.4. The second-order valence-corrected chi connectivity index (χ2v) is 8.73. The lowest BCUT2D eigenvalue weighted by Crippen LogP contribution is -2.47. The summed E-state index contributed by atoms with van der Waals surface area (Å²) in [5.74, 6) is 1.42. The maximum Gasteiger partial charge on any atom is 0.0614 e. The van der Waals surface area contributed by atoms with Crippen LogP contribution < -0.4 is 0 Å². The molecule has 118 valence electrons. The highest BCUT2D eigenvalue weighted by Crippen LogP contribution is 2.44. The molecule has 4 unspecified atom stereocenters. The highest BCUT2D eigenvalue weighted by Gasteiger charge is 2.43. The first-order valence-electron chi connectivity index (χ1n) is 8.51. The van der Waals surface area contributed by atoms with Crippen molar-refractivity contribution in [2.24, 2.45) is 11.8 Å². The Balaban J connectivity index is 2.05. The van der Waals surface area contributed by atoms with Crippen LogP contribution in [0.1, 0.15) is 80.1 Å². The maximum absolute atomic E-state index is 6.37. The fraction of sp³-hybridized carbons (Fsp3) is 1.00. The molecule has 0 radical (unpaired) electrons. The average molecular weight is 282 g/mol. The molecule has 2 saturated carbocycles. The van der Waals surface area contributed by atoms with Crippen molar-refractivity contribution in [3.63, 3.8) is 0 Å². The smallest absolute Gasteiger partial charge is 0.0614 e. The maximum atomic E-state index is 6.37. The van der Waals surface area contributed by atoms with Gasteiger partial charge in [-0.15, -0.1) is 0 Å². The topological polar surface area (TPSA) is 18.5 Å². The van der Waals surface area contributed by atoms with E-state index in [0.29, 0.717) is 24.0 Å². The normalized spacial score (nSPS) is 35.7. The van der Waals surface area contributed by atoms with Crippen molar-refractivity contribution in [1.29, 1.82) is 0 Å². The van der Waals surface area contributed by atoms with Crippen LogP contribution >= 0.6 is 0 Å². The van der Waals surface area contributed by atoms with Gasteiger partial charge < -0.3 is 9.47 Å². The molecule has 0 aromatic carbocycles. The van der Waals surface area contributed by atoms with Gasteiger partial charge in [-0.05, 0) is 79.1 Å². The molecule has 2 rings (SSSR count). The van der Waals surface area contributed by atoms with Gasteiger partial charge in [0.25, 0.3) is 0 Å². The van der Waals surface area contributed by atoms with Crippen molar-refractivity contribution in [2.45, 2.75) is 103 Å². The van der Waals surface area contributed by atoms with Crippen LogP contribution in [0.2, 0.25) is 0 Å². The first-order valence-corrected chi connectivity index (χ1v) is 8.51. The second kappa shape index (κ2) is 5.96. The summed E-state index contributed by atoms with van der Waals surface area (Å²) in [6, 6.07) is 0. The van der Waals surface area contributed by atoms with Crippen LogP contribution in [0.15, 0.2) is 0 Å². The Morgan fingerprint density at radius 2 is 0.950 bits per heavy atom. The van der Waals surface area contributed by atoms with E-state index in [9.17, 15) is 0 Å². The van der Waals surface area contributed by atoms with Crippen LogP contribution in [0.4, 0.5) is 0 Å². The van der Waals surface area contributed by atoms with E-state index in [0.717, 1.165) is 0 Å². The van der Waals surface area contributed by atoms with Gasteiger partial charge in [0, 0.05) is 0 Å². The van der Waals surface area contributed by atoms with Crippen molar-refractivity contribution in [2.75, 3.05) is 0 Å². The van der Waals surface area contributed by atoms with Gasteiger partial charge in [-0.25, -0.2) is 0 Å². The Kier molecular flexibility index (Phi) is 4.86. The highest BCUT2D eigenvalue weighted by atomic mass is 16.5. The molecule has 2 nitrogen and oxygen atoms in total. The van der Waals surface area contributed by atoms with Crippen molar-refractivity contribution < 1.29 is 9.47 Å². The molecular weight excluding hydrogens is 248 g/mol. The van der Waals surface area contributed by atoms with Gasteiger partial charge in [0.15, 0.2) is 0 Å². The summed E-state index contributed by atoms with van der Waals surface area (Å²) in [7, 11) is 0. The standard InChI is InChI=1S/C18H34O2/c1-17(2,3)19-15-11-7-10-14-13(15)9-8-12-16(14)20-18(4,5)6/h13-16H,7-12H2,1-6H3. The van der Waals surface area contributed by atoms with Gasteiger partial charge in [-0.2, -0.15) is 0 Å². The lowest BCUT2D eigenvalue weighted by atomic mass is 9.67. The molecule has 0 aliphatic heterocycles. The van der Waals surface area contributed by atoms with Crippen LogP contribution in [0.5, 0.6) is 0 Å². The monoisotopic (exact) mass is 282 g/mol.